The van der Waals surface area contributed by atoms with E-state index in [0.29, 0.717) is 19.3 Å². The number of Topliss-reactive ketones (excluding diaryl/α,β-unsaturated/α-hetero) is 1. The maximum absolute atomic E-state index is 11.0. The van der Waals surface area contributed by atoms with Crippen molar-refractivity contribution in [3.05, 3.63) is 0 Å². The van der Waals surface area contributed by atoms with E-state index in [4.69, 9.17) is 0 Å². The molecule has 0 heterocycles. The van der Waals surface area contributed by atoms with Gasteiger partial charge in [-0.05, 0) is 19.3 Å². The lowest BCUT2D eigenvalue weighted by Crippen LogP contribution is -2.24. The van der Waals surface area contributed by atoms with Crippen molar-refractivity contribution >= 4 is 5.78 Å². The molecule has 0 saturated heterocycles. The summed E-state index contributed by atoms with van der Waals surface area (Å²) in [5.41, 5.74) is -0.495. The minimum absolute atomic E-state index is 0.273. The van der Waals surface area contributed by atoms with Crippen LogP contribution < -0.4 is 0 Å². The number of carbonyl (C=O) groups excluding carboxylic acids is 1. The van der Waals surface area contributed by atoms with E-state index in [9.17, 15) is 9.90 Å². The molecule has 2 heteroatoms. The van der Waals surface area contributed by atoms with Crippen LogP contribution in [-0.2, 0) is 4.79 Å². The third-order valence-corrected chi connectivity index (χ3v) is 2.80. The van der Waals surface area contributed by atoms with Gasteiger partial charge < -0.3 is 5.11 Å². The Hall–Kier alpha value is -0.370. The molecule has 2 nitrogen and oxygen atoms in total. The zero-order valence-corrected chi connectivity index (χ0v) is 7.81. The average molecular weight is 170 g/mol. The summed E-state index contributed by atoms with van der Waals surface area (Å²) in [5, 5.41) is 9.88. The molecule has 70 valence electrons. The Morgan fingerprint density at radius 3 is 2.50 bits per heavy atom. The Kier molecular flexibility index (Phi) is 3.27. The molecule has 1 fully saturated rings. The Labute approximate surface area is 74.0 Å². The van der Waals surface area contributed by atoms with Gasteiger partial charge in [0.15, 0.2) is 0 Å². The molecule has 1 aliphatic carbocycles. The van der Waals surface area contributed by atoms with Gasteiger partial charge in [0.1, 0.15) is 5.78 Å². The lowest BCUT2D eigenvalue weighted by Gasteiger charge is -2.20. The quantitative estimate of drug-likeness (QED) is 0.701. The largest absolute Gasteiger partial charge is 0.390 e. The van der Waals surface area contributed by atoms with E-state index in [2.05, 4.69) is 0 Å². The summed E-state index contributed by atoms with van der Waals surface area (Å²) in [7, 11) is 0. The first-order valence-corrected chi connectivity index (χ1v) is 4.90. The fourth-order valence-electron chi connectivity index (χ4n) is 1.83. The second-order valence-electron chi connectivity index (χ2n) is 3.82. The van der Waals surface area contributed by atoms with Crippen molar-refractivity contribution in [2.24, 2.45) is 0 Å². The van der Waals surface area contributed by atoms with Crippen LogP contribution in [-0.4, -0.2) is 16.5 Å². The van der Waals surface area contributed by atoms with Crippen LogP contribution in [0, 0.1) is 0 Å². The Bertz CT molecular complexity index is 157. The smallest absolute Gasteiger partial charge is 0.132 e. The van der Waals surface area contributed by atoms with Crippen LogP contribution in [0.15, 0.2) is 0 Å². The van der Waals surface area contributed by atoms with Gasteiger partial charge in [0.25, 0.3) is 0 Å². The Morgan fingerprint density at radius 1 is 1.42 bits per heavy atom. The normalized spacial score (nSPS) is 21.2. The van der Waals surface area contributed by atoms with Gasteiger partial charge in [0.05, 0.1) is 5.60 Å². The molecule has 0 aromatic rings. The summed E-state index contributed by atoms with van der Waals surface area (Å²) in [4.78, 5) is 11.0. The van der Waals surface area contributed by atoms with Crippen molar-refractivity contribution in [1.29, 1.82) is 0 Å². The first kappa shape index (κ1) is 9.72. The fraction of sp³-hybridized carbons (Fsp3) is 0.900. The lowest BCUT2D eigenvalue weighted by atomic mass is 9.94. The molecular weight excluding hydrogens is 152 g/mol. The van der Waals surface area contributed by atoms with Gasteiger partial charge in [-0.1, -0.05) is 19.8 Å². The van der Waals surface area contributed by atoms with Crippen LogP contribution in [0.5, 0.6) is 0 Å². The summed E-state index contributed by atoms with van der Waals surface area (Å²) in [6.07, 6.45) is 5.88. The number of hydrogen-bond donors (Lipinski definition) is 1. The number of ketones is 1. The molecule has 0 aromatic carbocycles. The number of aliphatic hydroxyl groups is 1. The third kappa shape index (κ3) is 2.59. The van der Waals surface area contributed by atoms with Gasteiger partial charge in [0, 0.05) is 12.8 Å². The molecule has 12 heavy (non-hydrogen) atoms. The highest BCUT2D eigenvalue weighted by atomic mass is 16.3. The highest BCUT2D eigenvalue weighted by Crippen LogP contribution is 2.33. The predicted octanol–water partition coefficient (Wildman–Crippen LogP) is 2.05. The van der Waals surface area contributed by atoms with Gasteiger partial charge in [-0.3, -0.25) is 4.79 Å². The standard InChI is InChI=1S/C10H18O2/c1-2-9(11)5-8-10(12)6-3-4-7-10/h12H,2-8H2,1H3. The van der Waals surface area contributed by atoms with E-state index in [1.807, 2.05) is 6.92 Å². The van der Waals surface area contributed by atoms with Gasteiger partial charge in [0.2, 0.25) is 0 Å². The van der Waals surface area contributed by atoms with Gasteiger partial charge in [-0.15, -0.1) is 0 Å². The summed E-state index contributed by atoms with van der Waals surface area (Å²) < 4.78 is 0. The molecule has 0 radical (unpaired) electrons. The van der Waals surface area contributed by atoms with Gasteiger partial charge in [-0.25, -0.2) is 0 Å². The van der Waals surface area contributed by atoms with Crippen LogP contribution >= 0.6 is 0 Å². The number of hydrogen-bond acceptors (Lipinski definition) is 2. The van der Waals surface area contributed by atoms with E-state index in [0.717, 1.165) is 25.7 Å². The van der Waals surface area contributed by atoms with Crippen molar-refractivity contribution in [3.8, 4) is 0 Å². The molecule has 1 rings (SSSR count). The van der Waals surface area contributed by atoms with Crippen molar-refractivity contribution in [2.75, 3.05) is 0 Å². The van der Waals surface area contributed by atoms with Crippen LogP contribution in [0.4, 0.5) is 0 Å². The Balaban J connectivity index is 2.25. The molecule has 0 bridgehead atoms. The van der Waals surface area contributed by atoms with Crippen LogP contribution in [0.3, 0.4) is 0 Å². The topological polar surface area (TPSA) is 37.3 Å². The highest BCUT2D eigenvalue weighted by Gasteiger charge is 2.30. The van der Waals surface area contributed by atoms with Crippen molar-refractivity contribution in [3.63, 3.8) is 0 Å². The van der Waals surface area contributed by atoms with Crippen molar-refractivity contribution in [2.45, 2.75) is 57.5 Å². The molecule has 0 spiro atoms. The number of carbonyl (C=O) groups is 1. The maximum Gasteiger partial charge on any atom is 0.132 e. The number of rotatable bonds is 4. The second kappa shape index (κ2) is 4.04. The maximum atomic E-state index is 11.0. The van der Waals surface area contributed by atoms with Crippen molar-refractivity contribution < 1.29 is 9.90 Å². The first-order valence-electron chi connectivity index (χ1n) is 4.90. The predicted molar refractivity (Wildman–Crippen MR) is 47.9 cm³/mol. The minimum Gasteiger partial charge on any atom is -0.390 e. The second-order valence-corrected chi connectivity index (χ2v) is 3.82. The van der Waals surface area contributed by atoms with Crippen LogP contribution in [0.25, 0.3) is 0 Å². The first-order chi connectivity index (χ1) is 5.66. The average Bonchev–Trinajstić information content (AvgIpc) is 2.49. The summed E-state index contributed by atoms with van der Waals surface area (Å²) in [6.45, 7) is 1.88. The molecule has 0 amide bonds. The molecule has 1 saturated carbocycles. The zero-order valence-electron chi connectivity index (χ0n) is 7.81. The molecule has 0 unspecified atom stereocenters. The van der Waals surface area contributed by atoms with E-state index >= 15 is 0 Å². The Morgan fingerprint density at radius 2 is 2.00 bits per heavy atom. The van der Waals surface area contributed by atoms with E-state index in [1.165, 1.54) is 0 Å². The fourth-order valence-corrected chi connectivity index (χ4v) is 1.83. The zero-order chi connectivity index (χ0) is 9.03. The molecule has 1 aliphatic rings. The van der Waals surface area contributed by atoms with Crippen LogP contribution in [0.1, 0.15) is 51.9 Å². The molecule has 0 aromatic heterocycles. The SMILES string of the molecule is CCC(=O)CCC1(O)CCCC1. The lowest BCUT2D eigenvalue weighted by molar-refractivity contribution is -0.120. The van der Waals surface area contributed by atoms with Gasteiger partial charge >= 0.3 is 0 Å². The van der Waals surface area contributed by atoms with E-state index in [-0.39, 0.29) is 5.78 Å². The molecular formula is C10H18O2. The summed E-state index contributed by atoms with van der Waals surface area (Å²) >= 11 is 0. The third-order valence-electron chi connectivity index (χ3n) is 2.80. The van der Waals surface area contributed by atoms with E-state index < -0.39 is 5.60 Å². The van der Waals surface area contributed by atoms with E-state index in [1.54, 1.807) is 0 Å². The molecule has 1 N–H and O–H groups in total. The summed E-state index contributed by atoms with van der Waals surface area (Å²) in [6, 6.07) is 0. The molecule has 0 aliphatic heterocycles. The minimum atomic E-state index is -0.495. The molecule has 0 atom stereocenters. The summed E-state index contributed by atoms with van der Waals surface area (Å²) in [5.74, 6) is 0.273. The van der Waals surface area contributed by atoms with Crippen LogP contribution in [0.2, 0.25) is 0 Å². The van der Waals surface area contributed by atoms with Crippen molar-refractivity contribution in [1.82, 2.24) is 0 Å². The van der Waals surface area contributed by atoms with Gasteiger partial charge in [-0.2, -0.15) is 0 Å². The monoisotopic (exact) mass is 170 g/mol. The highest BCUT2D eigenvalue weighted by molar-refractivity contribution is 5.78.